The van der Waals surface area contributed by atoms with Crippen molar-refractivity contribution in [2.45, 2.75) is 46.5 Å². The first-order valence-electron chi connectivity index (χ1n) is 5.54. The Bertz CT molecular complexity index is 333. The summed E-state index contributed by atoms with van der Waals surface area (Å²) in [5, 5.41) is 0. The van der Waals surface area contributed by atoms with E-state index in [1.54, 1.807) is 0 Å². The quantitative estimate of drug-likeness (QED) is 0.729. The summed E-state index contributed by atoms with van der Waals surface area (Å²) >= 11 is 0. The SMILES string of the molecule is Cc1c(N)c(C(C)C)cc(C(C)C)c1N. The second-order valence-corrected chi connectivity index (χ2v) is 4.82. The molecule has 0 saturated carbocycles. The van der Waals surface area contributed by atoms with E-state index < -0.39 is 0 Å². The van der Waals surface area contributed by atoms with Crippen molar-refractivity contribution in [3.05, 3.63) is 22.8 Å². The fourth-order valence-corrected chi connectivity index (χ4v) is 1.86. The van der Waals surface area contributed by atoms with Gasteiger partial charge in [0.15, 0.2) is 0 Å². The van der Waals surface area contributed by atoms with Crippen LogP contribution in [0.25, 0.3) is 0 Å². The van der Waals surface area contributed by atoms with E-state index in [4.69, 9.17) is 11.5 Å². The van der Waals surface area contributed by atoms with E-state index in [0.717, 1.165) is 16.9 Å². The molecular weight excluding hydrogens is 184 g/mol. The minimum absolute atomic E-state index is 0.446. The van der Waals surface area contributed by atoms with Crippen molar-refractivity contribution in [1.29, 1.82) is 0 Å². The van der Waals surface area contributed by atoms with Crippen LogP contribution >= 0.6 is 0 Å². The lowest BCUT2D eigenvalue weighted by molar-refractivity contribution is 0.836. The summed E-state index contributed by atoms with van der Waals surface area (Å²) in [6, 6.07) is 2.16. The van der Waals surface area contributed by atoms with Gasteiger partial charge in [-0.1, -0.05) is 33.8 Å². The summed E-state index contributed by atoms with van der Waals surface area (Å²) in [6.45, 7) is 10.6. The second kappa shape index (κ2) is 4.13. The molecule has 0 atom stereocenters. The average Bonchev–Trinajstić information content (AvgIpc) is 2.13. The highest BCUT2D eigenvalue weighted by Gasteiger charge is 2.14. The summed E-state index contributed by atoms with van der Waals surface area (Å²) in [4.78, 5) is 0. The van der Waals surface area contributed by atoms with E-state index in [1.165, 1.54) is 11.1 Å². The van der Waals surface area contributed by atoms with E-state index in [9.17, 15) is 0 Å². The zero-order chi connectivity index (χ0) is 11.7. The first kappa shape index (κ1) is 11.9. The van der Waals surface area contributed by atoms with Crippen LogP contribution in [0.3, 0.4) is 0 Å². The lowest BCUT2D eigenvalue weighted by Crippen LogP contribution is -2.07. The van der Waals surface area contributed by atoms with Crippen molar-refractivity contribution in [2.75, 3.05) is 11.5 Å². The predicted molar refractivity (Wildman–Crippen MR) is 68.2 cm³/mol. The van der Waals surface area contributed by atoms with E-state index >= 15 is 0 Å². The van der Waals surface area contributed by atoms with Crippen LogP contribution in [0.15, 0.2) is 6.07 Å². The third-order valence-electron chi connectivity index (χ3n) is 2.99. The van der Waals surface area contributed by atoms with Gasteiger partial charge in [0.1, 0.15) is 0 Å². The Labute approximate surface area is 92.7 Å². The molecule has 0 saturated heterocycles. The normalized spacial score (nSPS) is 11.4. The van der Waals surface area contributed by atoms with Crippen LogP contribution in [-0.2, 0) is 0 Å². The molecule has 1 rings (SSSR count). The van der Waals surface area contributed by atoms with Gasteiger partial charge in [0.25, 0.3) is 0 Å². The largest absolute Gasteiger partial charge is 0.398 e. The molecule has 15 heavy (non-hydrogen) atoms. The van der Waals surface area contributed by atoms with Crippen molar-refractivity contribution < 1.29 is 0 Å². The van der Waals surface area contributed by atoms with E-state index in [2.05, 4.69) is 33.8 Å². The molecule has 0 spiro atoms. The number of nitrogens with two attached hydrogens (primary N) is 2. The highest BCUT2D eigenvalue weighted by atomic mass is 14.6. The molecule has 0 aromatic heterocycles. The predicted octanol–water partition coefficient (Wildman–Crippen LogP) is 3.41. The molecule has 84 valence electrons. The molecule has 0 aliphatic heterocycles. The van der Waals surface area contributed by atoms with Crippen LogP contribution < -0.4 is 11.5 Å². The fourth-order valence-electron chi connectivity index (χ4n) is 1.86. The molecule has 2 nitrogen and oxygen atoms in total. The molecule has 1 aromatic rings. The summed E-state index contributed by atoms with van der Waals surface area (Å²) in [6.07, 6.45) is 0. The Morgan fingerprint density at radius 3 is 1.47 bits per heavy atom. The Morgan fingerprint density at radius 1 is 0.867 bits per heavy atom. The molecule has 0 unspecified atom stereocenters. The number of hydrogen-bond donors (Lipinski definition) is 2. The van der Waals surface area contributed by atoms with Crippen molar-refractivity contribution in [3.8, 4) is 0 Å². The van der Waals surface area contributed by atoms with Crippen LogP contribution in [0.2, 0.25) is 0 Å². The Morgan fingerprint density at radius 2 is 1.20 bits per heavy atom. The van der Waals surface area contributed by atoms with Gasteiger partial charge in [-0.05, 0) is 35.4 Å². The van der Waals surface area contributed by atoms with E-state index in [1.807, 2.05) is 6.92 Å². The van der Waals surface area contributed by atoms with Crippen LogP contribution in [-0.4, -0.2) is 0 Å². The molecule has 0 fully saturated rings. The van der Waals surface area contributed by atoms with Crippen LogP contribution in [0, 0.1) is 6.92 Å². The summed E-state index contributed by atoms with van der Waals surface area (Å²) < 4.78 is 0. The van der Waals surface area contributed by atoms with Crippen molar-refractivity contribution in [3.63, 3.8) is 0 Å². The van der Waals surface area contributed by atoms with Crippen molar-refractivity contribution >= 4 is 11.4 Å². The third kappa shape index (κ3) is 2.09. The zero-order valence-electron chi connectivity index (χ0n) is 10.4. The molecule has 0 amide bonds. The standard InChI is InChI=1S/C13H22N2/c1-7(2)10-6-11(8(3)4)13(15)9(5)12(10)14/h6-8H,14-15H2,1-5H3. The zero-order valence-corrected chi connectivity index (χ0v) is 10.4. The highest BCUT2D eigenvalue weighted by molar-refractivity contribution is 5.69. The molecule has 0 bridgehead atoms. The van der Waals surface area contributed by atoms with Crippen molar-refractivity contribution in [1.82, 2.24) is 0 Å². The van der Waals surface area contributed by atoms with Crippen LogP contribution in [0.1, 0.15) is 56.2 Å². The maximum Gasteiger partial charge on any atom is 0.0399 e. The molecular formula is C13H22N2. The summed E-state index contributed by atoms with van der Waals surface area (Å²) in [7, 11) is 0. The van der Waals surface area contributed by atoms with E-state index in [0.29, 0.717) is 11.8 Å². The van der Waals surface area contributed by atoms with Gasteiger partial charge < -0.3 is 11.5 Å². The van der Waals surface area contributed by atoms with E-state index in [-0.39, 0.29) is 0 Å². The first-order chi connectivity index (χ1) is 6.86. The fraction of sp³-hybridized carbons (Fsp3) is 0.538. The Balaban J connectivity index is 3.45. The molecule has 2 heteroatoms. The van der Waals surface area contributed by atoms with Crippen LogP contribution in [0.5, 0.6) is 0 Å². The number of nitrogen functional groups attached to an aromatic ring is 2. The van der Waals surface area contributed by atoms with Crippen molar-refractivity contribution in [2.24, 2.45) is 0 Å². The van der Waals surface area contributed by atoms with Crippen LogP contribution in [0.4, 0.5) is 11.4 Å². The molecule has 0 aliphatic carbocycles. The monoisotopic (exact) mass is 206 g/mol. The minimum atomic E-state index is 0.446. The van der Waals surface area contributed by atoms with Gasteiger partial charge in [-0.25, -0.2) is 0 Å². The summed E-state index contributed by atoms with van der Waals surface area (Å²) in [5.74, 6) is 0.892. The minimum Gasteiger partial charge on any atom is -0.398 e. The molecule has 0 heterocycles. The van der Waals surface area contributed by atoms with Gasteiger partial charge in [-0.15, -0.1) is 0 Å². The lowest BCUT2D eigenvalue weighted by atomic mass is 9.90. The highest BCUT2D eigenvalue weighted by Crippen LogP contribution is 2.34. The summed E-state index contributed by atoms with van der Waals surface area (Å²) in [5.41, 5.74) is 17.3. The maximum absolute atomic E-state index is 6.07. The number of hydrogen-bond acceptors (Lipinski definition) is 2. The molecule has 0 radical (unpaired) electrons. The van der Waals surface area contributed by atoms with Gasteiger partial charge in [0.05, 0.1) is 0 Å². The second-order valence-electron chi connectivity index (χ2n) is 4.82. The van der Waals surface area contributed by atoms with Gasteiger partial charge in [0.2, 0.25) is 0 Å². The Kier molecular flexibility index (Phi) is 3.28. The average molecular weight is 206 g/mol. The Hall–Kier alpha value is -1.18. The third-order valence-corrected chi connectivity index (χ3v) is 2.99. The van der Waals surface area contributed by atoms with Gasteiger partial charge in [-0.2, -0.15) is 0 Å². The molecule has 0 aliphatic rings. The maximum atomic E-state index is 6.07. The first-order valence-corrected chi connectivity index (χ1v) is 5.54. The smallest absolute Gasteiger partial charge is 0.0399 e. The lowest BCUT2D eigenvalue weighted by Gasteiger charge is -2.19. The number of benzene rings is 1. The van der Waals surface area contributed by atoms with Gasteiger partial charge in [-0.3, -0.25) is 0 Å². The number of anilines is 2. The molecule has 1 aromatic carbocycles. The molecule has 4 N–H and O–H groups in total. The topological polar surface area (TPSA) is 52.0 Å². The van der Waals surface area contributed by atoms with Gasteiger partial charge >= 0.3 is 0 Å². The van der Waals surface area contributed by atoms with Gasteiger partial charge in [0, 0.05) is 11.4 Å². The number of rotatable bonds is 2.